The third-order valence-corrected chi connectivity index (χ3v) is 2.96. The van der Waals surface area contributed by atoms with Crippen LogP contribution in [0.1, 0.15) is 27.6 Å². The molecule has 6 heteroatoms. The van der Waals surface area contributed by atoms with Crippen LogP contribution in [0.2, 0.25) is 0 Å². The Bertz CT molecular complexity index is 634. The Kier molecular flexibility index (Phi) is 3.93. The van der Waals surface area contributed by atoms with Crippen LogP contribution in [0.15, 0.2) is 18.2 Å². The number of aryl methyl sites for hydroxylation is 1. The number of hydrogen-bond acceptors (Lipinski definition) is 4. The van der Waals surface area contributed by atoms with Crippen LogP contribution in [0.4, 0.5) is 0 Å². The summed E-state index contributed by atoms with van der Waals surface area (Å²) in [6.07, 6.45) is 0.495. The van der Waals surface area contributed by atoms with Gasteiger partial charge >= 0.3 is 5.97 Å². The summed E-state index contributed by atoms with van der Waals surface area (Å²) in [4.78, 5) is 18.0. The van der Waals surface area contributed by atoms with E-state index in [9.17, 15) is 4.79 Å². The van der Waals surface area contributed by atoms with Gasteiger partial charge in [-0.15, -0.1) is 0 Å². The molecule has 1 aromatic carbocycles. The number of H-pyrrole nitrogens is 1. The van der Waals surface area contributed by atoms with Crippen LogP contribution in [-0.2, 0) is 6.42 Å². The summed E-state index contributed by atoms with van der Waals surface area (Å²) in [6, 6.07) is 5.54. The quantitative estimate of drug-likeness (QED) is 0.872. The zero-order valence-electron chi connectivity index (χ0n) is 11.6. The van der Waals surface area contributed by atoms with Gasteiger partial charge in [0.2, 0.25) is 0 Å². The van der Waals surface area contributed by atoms with Crippen molar-refractivity contribution in [3.63, 3.8) is 0 Å². The molecule has 6 nitrogen and oxygen atoms in total. The fourth-order valence-electron chi connectivity index (χ4n) is 2.00. The largest absolute Gasteiger partial charge is 0.493 e. The van der Waals surface area contributed by atoms with E-state index in [0.29, 0.717) is 29.4 Å². The van der Waals surface area contributed by atoms with Crippen LogP contribution in [0.25, 0.3) is 0 Å². The lowest BCUT2D eigenvalue weighted by molar-refractivity contribution is 0.0690. The highest BCUT2D eigenvalue weighted by atomic mass is 16.5. The Hall–Kier alpha value is -2.50. The number of benzene rings is 1. The molecule has 0 amide bonds. The molecular weight excluding hydrogens is 260 g/mol. The van der Waals surface area contributed by atoms with Gasteiger partial charge in [0.15, 0.2) is 17.2 Å². The highest BCUT2D eigenvalue weighted by molar-refractivity contribution is 5.86. The third kappa shape index (κ3) is 2.74. The van der Waals surface area contributed by atoms with Crippen molar-refractivity contribution in [2.24, 2.45) is 0 Å². The first-order chi connectivity index (χ1) is 9.55. The molecule has 0 saturated carbocycles. The fraction of sp³-hybridized carbons (Fsp3) is 0.286. The van der Waals surface area contributed by atoms with Crippen LogP contribution in [0.5, 0.6) is 11.5 Å². The lowest BCUT2D eigenvalue weighted by atomic mass is 10.1. The molecule has 2 rings (SSSR count). The monoisotopic (exact) mass is 276 g/mol. The number of aromatic amines is 1. The van der Waals surface area contributed by atoms with Gasteiger partial charge in [0.1, 0.15) is 5.82 Å². The molecule has 1 aromatic heterocycles. The Morgan fingerprint density at radius 1 is 1.30 bits per heavy atom. The van der Waals surface area contributed by atoms with E-state index in [0.717, 1.165) is 5.56 Å². The zero-order valence-corrected chi connectivity index (χ0v) is 11.6. The molecule has 0 atom stereocenters. The average molecular weight is 276 g/mol. The number of carboxylic acid groups (broad SMARTS) is 1. The van der Waals surface area contributed by atoms with Crippen molar-refractivity contribution in [3.05, 3.63) is 41.0 Å². The molecule has 0 bridgehead atoms. The number of aromatic nitrogens is 2. The SMILES string of the molecule is COc1ccc(Cc2nc(C(=O)O)c(C)[nH]2)cc1OC. The smallest absolute Gasteiger partial charge is 0.356 e. The molecular formula is C14H16N2O4. The first-order valence-corrected chi connectivity index (χ1v) is 6.04. The summed E-state index contributed by atoms with van der Waals surface area (Å²) < 4.78 is 10.4. The number of imidazole rings is 1. The number of ether oxygens (including phenoxy) is 2. The summed E-state index contributed by atoms with van der Waals surface area (Å²) in [5, 5.41) is 8.98. The molecule has 2 aromatic rings. The van der Waals surface area contributed by atoms with E-state index in [1.54, 1.807) is 21.1 Å². The number of hydrogen-bond donors (Lipinski definition) is 2. The van der Waals surface area contributed by atoms with Gasteiger partial charge in [-0.25, -0.2) is 9.78 Å². The molecule has 0 saturated heterocycles. The van der Waals surface area contributed by atoms with Gasteiger partial charge in [0.05, 0.1) is 14.2 Å². The summed E-state index contributed by atoms with van der Waals surface area (Å²) in [5.41, 5.74) is 1.56. The standard InChI is InChI=1S/C14H16N2O4/c1-8-13(14(17)18)16-12(15-8)7-9-4-5-10(19-2)11(6-9)20-3/h4-6H,7H2,1-3H3,(H,15,16)(H,17,18). The maximum Gasteiger partial charge on any atom is 0.356 e. The summed E-state index contributed by atoms with van der Waals surface area (Å²) in [6.45, 7) is 1.69. The normalized spacial score (nSPS) is 10.3. The second kappa shape index (κ2) is 5.64. The second-order valence-electron chi connectivity index (χ2n) is 4.33. The van der Waals surface area contributed by atoms with E-state index in [4.69, 9.17) is 14.6 Å². The first kappa shape index (κ1) is 13.9. The molecule has 0 fully saturated rings. The molecule has 0 aliphatic rings. The molecule has 106 valence electrons. The highest BCUT2D eigenvalue weighted by Crippen LogP contribution is 2.28. The Morgan fingerprint density at radius 3 is 2.55 bits per heavy atom. The minimum atomic E-state index is -1.03. The van der Waals surface area contributed by atoms with E-state index in [1.165, 1.54) is 0 Å². The van der Waals surface area contributed by atoms with E-state index in [2.05, 4.69) is 9.97 Å². The van der Waals surface area contributed by atoms with Crippen LogP contribution in [0.3, 0.4) is 0 Å². The molecule has 2 N–H and O–H groups in total. The molecule has 1 heterocycles. The maximum absolute atomic E-state index is 11.0. The number of nitrogens with one attached hydrogen (secondary N) is 1. The predicted molar refractivity (Wildman–Crippen MR) is 72.6 cm³/mol. The van der Waals surface area contributed by atoms with Crippen LogP contribution < -0.4 is 9.47 Å². The molecule has 0 aliphatic heterocycles. The lowest BCUT2D eigenvalue weighted by Gasteiger charge is -2.08. The molecule has 0 spiro atoms. The topological polar surface area (TPSA) is 84.4 Å². The van der Waals surface area contributed by atoms with Crippen molar-refractivity contribution in [1.82, 2.24) is 9.97 Å². The van der Waals surface area contributed by atoms with Gasteiger partial charge < -0.3 is 19.6 Å². The third-order valence-electron chi connectivity index (χ3n) is 2.96. The molecule has 0 unspecified atom stereocenters. The van der Waals surface area contributed by atoms with Gasteiger partial charge in [0, 0.05) is 12.1 Å². The Labute approximate surface area is 116 Å². The highest BCUT2D eigenvalue weighted by Gasteiger charge is 2.14. The zero-order chi connectivity index (χ0) is 14.7. The number of carboxylic acids is 1. The average Bonchev–Trinajstić information content (AvgIpc) is 2.79. The van der Waals surface area contributed by atoms with Gasteiger partial charge in [-0.05, 0) is 24.6 Å². The second-order valence-corrected chi connectivity index (χ2v) is 4.33. The number of aromatic carboxylic acids is 1. The lowest BCUT2D eigenvalue weighted by Crippen LogP contribution is -1.99. The van der Waals surface area contributed by atoms with Gasteiger partial charge in [-0.1, -0.05) is 6.07 Å². The van der Waals surface area contributed by atoms with E-state index < -0.39 is 5.97 Å². The fourth-order valence-corrected chi connectivity index (χ4v) is 2.00. The van der Waals surface area contributed by atoms with E-state index >= 15 is 0 Å². The Balaban J connectivity index is 2.26. The molecule has 0 radical (unpaired) electrons. The molecule has 20 heavy (non-hydrogen) atoms. The van der Waals surface area contributed by atoms with Crippen molar-refractivity contribution in [1.29, 1.82) is 0 Å². The number of methoxy groups -OCH3 is 2. The number of rotatable bonds is 5. The first-order valence-electron chi connectivity index (χ1n) is 6.04. The van der Waals surface area contributed by atoms with Crippen molar-refractivity contribution >= 4 is 5.97 Å². The number of nitrogens with zero attached hydrogens (tertiary/aromatic N) is 1. The van der Waals surface area contributed by atoms with Gasteiger partial charge in [0.25, 0.3) is 0 Å². The van der Waals surface area contributed by atoms with Crippen molar-refractivity contribution < 1.29 is 19.4 Å². The van der Waals surface area contributed by atoms with Crippen molar-refractivity contribution in [2.75, 3.05) is 14.2 Å². The predicted octanol–water partition coefficient (Wildman–Crippen LogP) is 2.02. The number of carbonyl (C=O) groups is 1. The minimum Gasteiger partial charge on any atom is -0.493 e. The van der Waals surface area contributed by atoms with Crippen molar-refractivity contribution in [2.45, 2.75) is 13.3 Å². The minimum absolute atomic E-state index is 0.0560. The maximum atomic E-state index is 11.0. The van der Waals surface area contributed by atoms with Crippen LogP contribution >= 0.6 is 0 Å². The van der Waals surface area contributed by atoms with Gasteiger partial charge in [-0.2, -0.15) is 0 Å². The Morgan fingerprint density at radius 2 is 2.00 bits per heavy atom. The van der Waals surface area contributed by atoms with Crippen LogP contribution in [-0.4, -0.2) is 35.3 Å². The summed E-state index contributed by atoms with van der Waals surface area (Å²) in [7, 11) is 3.15. The summed E-state index contributed by atoms with van der Waals surface area (Å²) >= 11 is 0. The molecule has 0 aliphatic carbocycles. The van der Waals surface area contributed by atoms with E-state index in [-0.39, 0.29) is 5.69 Å². The van der Waals surface area contributed by atoms with Gasteiger partial charge in [-0.3, -0.25) is 0 Å². The van der Waals surface area contributed by atoms with Crippen LogP contribution in [0, 0.1) is 6.92 Å². The van der Waals surface area contributed by atoms with Crippen molar-refractivity contribution in [3.8, 4) is 11.5 Å². The van der Waals surface area contributed by atoms with E-state index in [1.807, 2.05) is 18.2 Å². The summed E-state index contributed by atoms with van der Waals surface area (Å²) in [5.74, 6) is 0.856.